The molecule has 0 unspecified atom stereocenters. The quantitative estimate of drug-likeness (QED) is 0.455. The van der Waals surface area contributed by atoms with Crippen molar-refractivity contribution in [3.8, 4) is 0 Å². The number of hydrogen-bond acceptors (Lipinski definition) is 2. The van der Waals surface area contributed by atoms with Gasteiger partial charge in [-0.1, -0.05) is 31.2 Å². The first-order valence-electron chi connectivity index (χ1n) is 6.38. The van der Waals surface area contributed by atoms with Gasteiger partial charge in [-0.2, -0.15) is 0 Å². The van der Waals surface area contributed by atoms with Gasteiger partial charge in [0.15, 0.2) is 5.96 Å². The number of nitrogens with two attached hydrogens (primary N) is 1. The van der Waals surface area contributed by atoms with Gasteiger partial charge >= 0.3 is 0 Å². The van der Waals surface area contributed by atoms with Crippen LogP contribution in [0.15, 0.2) is 29.3 Å². The molecule has 0 aliphatic rings. The fourth-order valence-electron chi connectivity index (χ4n) is 1.69. The van der Waals surface area contributed by atoms with E-state index in [0.717, 1.165) is 19.5 Å². The summed E-state index contributed by atoms with van der Waals surface area (Å²) in [5.74, 6) is 0.525. The molecule has 1 aromatic rings. The average molecular weight is 376 g/mol. The number of nitrogens with one attached hydrogen (secondary N) is 1. The Labute approximate surface area is 133 Å². The number of nitrogens with zero attached hydrogens (tertiary/aromatic N) is 2. The first-order valence-corrected chi connectivity index (χ1v) is 6.38. The molecule has 1 rings (SSSR count). The monoisotopic (exact) mass is 376 g/mol. The van der Waals surface area contributed by atoms with E-state index in [0.29, 0.717) is 12.5 Å². The maximum Gasteiger partial charge on any atom is 0.188 e. The molecule has 0 spiro atoms. The van der Waals surface area contributed by atoms with Crippen LogP contribution >= 0.6 is 24.0 Å². The largest absolute Gasteiger partial charge is 0.370 e. The second kappa shape index (κ2) is 10.0. The van der Waals surface area contributed by atoms with Gasteiger partial charge in [-0.25, -0.2) is 4.99 Å². The highest BCUT2D eigenvalue weighted by Gasteiger charge is 2.02. The molecule has 108 valence electrons. The smallest absolute Gasteiger partial charge is 0.188 e. The lowest BCUT2D eigenvalue weighted by molar-refractivity contribution is 0.401. The third kappa shape index (κ3) is 7.37. The second-order valence-electron chi connectivity index (χ2n) is 4.63. The lowest BCUT2D eigenvalue weighted by Crippen LogP contribution is -2.32. The van der Waals surface area contributed by atoms with Gasteiger partial charge in [-0.15, -0.1) is 24.0 Å². The topological polar surface area (TPSA) is 53.6 Å². The Bertz CT molecular complexity index is 391. The molecule has 0 aromatic heterocycles. The molecule has 19 heavy (non-hydrogen) atoms. The normalized spacial score (nSPS) is 11.3. The van der Waals surface area contributed by atoms with Crippen molar-refractivity contribution in [2.45, 2.75) is 26.4 Å². The highest BCUT2D eigenvalue weighted by Crippen LogP contribution is 2.11. The second-order valence-corrected chi connectivity index (χ2v) is 4.63. The van der Waals surface area contributed by atoms with E-state index >= 15 is 0 Å². The van der Waals surface area contributed by atoms with Crippen molar-refractivity contribution in [2.75, 3.05) is 20.6 Å². The lowest BCUT2D eigenvalue weighted by atomic mass is 10.1. The number of halogens is 1. The Morgan fingerprint density at radius 3 is 2.47 bits per heavy atom. The van der Waals surface area contributed by atoms with Crippen LogP contribution in [0.5, 0.6) is 0 Å². The van der Waals surface area contributed by atoms with Crippen LogP contribution in [0.25, 0.3) is 0 Å². The Morgan fingerprint density at radius 1 is 1.26 bits per heavy atom. The third-order valence-corrected chi connectivity index (χ3v) is 2.58. The van der Waals surface area contributed by atoms with E-state index in [1.165, 1.54) is 11.1 Å². The van der Waals surface area contributed by atoms with Crippen molar-refractivity contribution < 1.29 is 0 Å². The van der Waals surface area contributed by atoms with Crippen molar-refractivity contribution in [2.24, 2.45) is 10.7 Å². The fourth-order valence-corrected chi connectivity index (χ4v) is 1.69. The molecular weight excluding hydrogens is 351 g/mol. The molecule has 5 heteroatoms. The van der Waals surface area contributed by atoms with Gasteiger partial charge in [0.1, 0.15) is 0 Å². The van der Waals surface area contributed by atoms with E-state index in [1.807, 2.05) is 6.07 Å². The van der Waals surface area contributed by atoms with Crippen LogP contribution in [-0.2, 0) is 13.1 Å². The van der Waals surface area contributed by atoms with Crippen molar-refractivity contribution in [1.82, 2.24) is 10.2 Å². The minimum atomic E-state index is 0. The summed E-state index contributed by atoms with van der Waals surface area (Å²) in [7, 11) is 4.13. The van der Waals surface area contributed by atoms with E-state index in [4.69, 9.17) is 5.73 Å². The molecule has 1 aromatic carbocycles. The Morgan fingerprint density at radius 2 is 1.89 bits per heavy atom. The van der Waals surface area contributed by atoms with Crippen LogP contribution in [0.1, 0.15) is 24.5 Å². The molecule has 0 saturated heterocycles. The Hall–Kier alpha value is -0.820. The molecule has 0 atom stereocenters. The molecule has 0 amide bonds. The third-order valence-electron chi connectivity index (χ3n) is 2.58. The minimum Gasteiger partial charge on any atom is -0.370 e. The van der Waals surface area contributed by atoms with Gasteiger partial charge in [0.25, 0.3) is 0 Å². The van der Waals surface area contributed by atoms with E-state index in [2.05, 4.69) is 54.4 Å². The van der Waals surface area contributed by atoms with E-state index in [-0.39, 0.29) is 24.0 Å². The SMILES string of the molecule is CCCNC(N)=NCc1ccccc1CN(C)C.I. The molecule has 0 heterocycles. The molecule has 0 aliphatic heterocycles. The van der Waals surface area contributed by atoms with Crippen LogP contribution in [0.2, 0.25) is 0 Å². The average Bonchev–Trinajstić information content (AvgIpc) is 2.34. The molecule has 0 fully saturated rings. The lowest BCUT2D eigenvalue weighted by Gasteiger charge is -2.13. The van der Waals surface area contributed by atoms with Crippen LogP contribution in [0.3, 0.4) is 0 Å². The van der Waals surface area contributed by atoms with Gasteiger partial charge in [-0.05, 0) is 31.6 Å². The first kappa shape index (κ1) is 18.2. The summed E-state index contributed by atoms with van der Waals surface area (Å²) in [6.45, 7) is 4.53. The summed E-state index contributed by atoms with van der Waals surface area (Å²) in [5, 5.41) is 3.08. The summed E-state index contributed by atoms with van der Waals surface area (Å²) in [6, 6.07) is 8.35. The van der Waals surface area contributed by atoms with Crippen molar-refractivity contribution in [1.29, 1.82) is 0 Å². The van der Waals surface area contributed by atoms with Crippen LogP contribution in [-0.4, -0.2) is 31.5 Å². The van der Waals surface area contributed by atoms with Crippen LogP contribution in [0, 0.1) is 0 Å². The fraction of sp³-hybridized carbons (Fsp3) is 0.500. The van der Waals surface area contributed by atoms with Gasteiger partial charge in [-0.3, -0.25) is 0 Å². The van der Waals surface area contributed by atoms with E-state index < -0.39 is 0 Å². The molecule has 4 nitrogen and oxygen atoms in total. The zero-order valence-corrected chi connectivity index (χ0v) is 14.3. The summed E-state index contributed by atoms with van der Waals surface area (Å²) in [6.07, 6.45) is 1.05. The maximum atomic E-state index is 5.79. The Balaban J connectivity index is 0.00000324. The predicted octanol–water partition coefficient (Wildman–Crippen LogP) is 2.18. The molecule has 0 aliphatic carbocycles. The Kier molecular flexibility index (Phi) is 9.59. The van der Waals surface area contributed by atoms with Crippen LogP contribution < -0.4 is 11.1 Å². The predicted molar refractivity (Wildman–Crippen MR) is 92.9 cm³/mol. The molecule has 3 N–H and O–H groups in total. The van der Waals surface area contributed by atoms with Gasteiger partial charge in [0.05, 0.1) is 6.54 Å². The molecule has 0 bridgehead atoms. The highest BCUT2D eigenvalue weighted by atomic mass is 127. The maximum absolute atomic E-state index is 5.79. The molecule has 0 saturated carbocycles. The van der Waals surface area contributed by atoms with Crippen molar-refractivity contribution in [3.05, 3.63) is 35.4 Å². The minimum absolute atomic E-state index is 0. The number of aliphatic imine (C=N–C) groups is 1. The summed E-state index contributed by atoms with van der Waals surface area (Å²) < 4.78 is 0. The molecular formula is C14H25IN4. The highest BCUT2D eigenvalue weighted by molar-refractivity contribution is 14.0. The van der Waals surface area contributed by atoms with E-state index in [1.54, 1.807) is 0 Å². The first-order chi connectivity index (χ1) is 8.63. The van der Waals surface area contributed by atoms with Crippen molar-refractivity contribution >= 4 is 29.9 Å². The standard InChI is InChI=1S/C14H24N4.HI/c1-4-9-16-14(15)17-10-12-7-5-6-8-13(12)11-18(2)3;/h5-8H,4,9-11H2,1-3H3,(H3,15,16,17);1H. The number of benzene rings is 1. The zero-order valence-electron chi connectivity index (χ0n) is 12.0. The molecule has 0 radical (unpaired) electrons. The number of rotatable bonds is 6. The van der Waals surface area contributed by atoms with Gasteiger partial charge in [0, 0.05) is 13.1 Å². The summed E-state index contributed by atoms with van der Waals surface area (Å²) >= 11 is 0. The van der Waals surface area contributed by atoms with Gasteiger partial charge in [0.2, 0.25) is 0 Å². The zero-order chi connectivity index (χ0) is 13.4. The van der Waals surface area contributed by atoms with E-state index in [9.17, 15) is 0 Å². The summed E-state index contributed by atoms with van der Waals surface area (Å²) in [5.41, 5.74) is 8.32. The van der Waals surface area contributed by atoms with Gasteiger partial charge < -0.3 is 16.0 Å². The number of hydrogen-bond donors (Lipinski definition) is 2. The van der Waals surface area contributed by atoms with Crippen LogP contribution in [0.4, 0.5) is 0 Å². The number of guanidine groups is 1. The summed E-state index contributed by atoms with van der Waals surface area (Å²) in [4.78, 5) is 6.52. The van der Waals surface area contributed by atoms with Crippen molar-refractivity contribution in [3.63, 3.8) is 0 Å².